The molecule has 17 heavy (non-hydrogen) atoms. The number of piperazine rings is 1. The van der Waals surface area contributed by atoms with Crippen molar-refractivity contribution in [3.8, 4) is 0 Å². The molecule has 2 saturated carbocycles. The molecule has 3 nitrogen and oxygen atoms in total. The molecule has 0 amide bonds. The van der Waals surface area contributed by atoms with Gasteiger partial charge in [-0.15, -0.1) is 0 Å². The van der Waals surface area contributed by atoms with Crippen molar-refractivity contribution in [1.82, 2.24) is 9.80 Å². The molecule has 0 radical (unpaired) electrons. The van der Waals surface area contributed by atoms with Crippen LogP contribution in [0.5, 0.6) is 0 Å². The van der Waals surface area contributed by atoms with Gasteiger partial charge in [0, 0.05) is 39.3 Å². The molecule has 2 aliphatic carbocycles. The van der Waals surface area contributed by atoms with Gasteiger partial charge in [0.25, 0.3) is 0 Å². The summed E-state index contributed by atoms with van der Waals surface area (Å²) in [6.07, 6.45) is 7.10. The zero-order valence-electron chi connectivity index (χ0n) is 11.0. The molecule has 3 rings (SSSR count). The van der Waals surface area contributed by atoms with E-state index in [1.807, 2.05) is 0 Å². The molecular formula is C14H27N3. The van der Waals surface area contributed by atoms with Crippen molar-refractivity contribution in [2.45, 2.75) is 32.1 Å². The number of hydrogen-bond donors (Lipinski definition) is 1. The Bertz CT molecular complexity index is 245. The minimum atomic E-state index is 0.499. The van der Waals surface area contributed by atoms with Crippen molar-refractivity contribution in [2.75, 3.05) is 45.8 Å². The zero-order chi connectivity index (χ0) is 11.7. The molecule has 1 heterocycles. The fourth-order valence-electron chi connectivity index (χ4n) is 3.37. The van der Waals surface area contributed by atoms with Crippen molar-refractivity contribution in [3.05, 3.63) is 0 Å². The smallest absolute Gasteiger partial charge is 0.0110 e. The van der Waals surface area contributed by atoms with Crippen molar-refractivity contribution in [3.63, 3.8) is 0 Å². The molecule has 0 aromatic heterocycles. The Kier molecular flexibility index (Phi) is 3.42. The lowest BCUT2D eigenvalue weighted by Gasteiger charge is -2.46. The second-order valence-corrected chi connectivity index (χ2v) is 6.58. The number of rotatable bonds is 5. The highest BCUT2D eigenvalue weighted by Crippen LogP contribution is 2.40. The highest BCUT2D eigenvalue weighted by atomic mass is 15.3. The summed E-state index contributed by atoms with van der Waals surface area (Å²) in [5.74, 6) is 1.04. The van der Waals surface area contributed by atoms with Gasteiger partial charge in [0.1, 0.15) is 0 Å². The van der Waals surface area contributed by atoms with Gasteiger partial charge in [0.2, 0.25) is 0 Å². The third kappa shape index (κ3) is 2.83. The molecule has 0 aromatic carbocycles. The van der Waals surface area contributed by atoms with E-state index in [-0.39, 0.29) is 0 Å². The monoisotopic (exact) mass is 237 g/mol. The molecule has 0 bridgehead atoms. The third-order valence-electron chi connectivity index (χ3n) is 5.08. The third-order valence-corrected chi connectivity index (χ3v) is 5.08. The molecular weight excluding hydrogens is 210 g/mol. The van der Waals surface area contributed by atoms with E-state index in [0.29, 0.717) is 5.41 Å². The summed E-state index contributed by atoms with van der Waals surface area (Å²) in [6, 6.07) is 0. The number of hydrogen-bond acceptors (Lipinski definition) is 3. The highest BCUT2D eigenvalue weighted by Gasteiger charge is 2.37. The summed E-state index contributed by atoms with van der Waals surface area (Å²) in [5.41, 5.74) is 6.45. The fourth-order valence-corrected chi connectivity index (χ4v) is 3.37. The minimum Gasteiger partial charge on any atom is -0.330 e. The summed E-state index contributed by atoms with van der Waals surface area (Å²) in [4.78, 5) is 5.33. The fraction of sp³-hybridized carbons (Fsp3) is 1.00. The van der Waals surface area contributed by atoms with Crippen LogP contribution >= 0.6 is 0 Å². The maximum Gasteiger partial charge on any atom is 0.0110 e. The molecule has 0 aromatic rings. The van der Waals surface area contributed by atoms with Gasteiger partial charge in [-0.3, -0.25) is 0 Å². The van der Waals surface area contributed by atoms with Crippen LogP contribution in [-0.2, 0) is 0 Å². The predicted octanol–water partition coefficient (Wildman–Crippen LogP) is 1.14. The molecule has 3 fully saturated rings. The van der Waals surface area contributed by atoms with Crippen molar-refractivity contribution < 1.29 is 0 Å². The van der Waals surface area contributed by atoms with Gasteiger partial charge < -0.3 is 15.5 Å². The topological polar surface area (TPSA) is 32.5 Å². The average molecular weight is 237 g/mol. The Hall–Kier alpha value is -0.120. The van der Waals surface area contributed by atoms with Gasteiger partial charge in [-0.05, 0) is 43.6 Å². The van der Waals surface area contributed by atoms with Gasteiger partial charge >= 0.3 is 0 Å². The molecule has 98 valence electrons. The minimum absolute atomic E-state index is 0.499. The first kappa shape index (κ1) is 11.9. The molecule has 0 spiro atoms. The van der Waals surface area contributed by atoms with Crippen LogP contribution in [0.1, 0.15) is 32.1 Å². The van der Waals surface area contributed by atoms with Gasteiger partial charge in [-0.1, -0.05) is 6.42 Å². The van der Waals surface area contributed by atoms with E-state index >= 15 is 0 Å². The zero-order valence-corrected chi connectivity index (χ0v) is 11.0. The van der Waals surface area contributed by atoms with Crippen molar-refractivity contribution in [2.24, 2.45) is 17.1 Å². The molecule has 3 heteroatoms. The van der Waals surface area contributed by atoms with E-state index < -0.39 is 0 Å². The molecule has 1 saturated heterocycles. The Balaban J connectivity index is 1.41. The normalized spacial score (nSPS) is 30.2. The second kappa shape index (κ2) is 4.87. The van der Waals surface area contributed by atoms with E-state index in [9.17, 15) is 0 Å². The van der Waals surface area contributed by atoms with Crippen LogP contribution in [-0.4, -0.2) is 55.6 Å². The summed E-state index contributed by atoms with van der Waals surface area (Å²) in [7, 11) is 0. The van der Waals surface area contributed by atoms with Crippen LogP contribution in [0.2, 0.25) is 0 Å². The molecule has 2 N–H and O–H groups in total. The lowest BCUT2D eigenvalue weighted by atomic mass is 9.68. The Morgan fingerprint density at radius 3 is 2.12 bits per heavy atom. The largest absolute Gasteiger partial charge is 0.330 e. The molecule has 0 atom stereocenters. The van der Waals surface area contributed by atoms with E-state index in [2.05, 4.69) is 9.80 Å². The first-order chi connectivity index (χ1) is 8.30. The predicted molar refractivity (Wildman–Crippen MR) is 70.9 cm³/mol. The number of nitrogens with two attached hydrogens (primary N) is 1. The van der Waals surface area contributed by atoms with E-state index in [1.54, 1.807) is 0 Å². The highest BCUT2D eigenvalue weighted by molar-refractivity contribution is 4.92. The Morgan fingerprint density at radius 1 is 1.00 bits per heavy atom. The summed E-state index contributed by atoms with van der Waals surface area (Å²) in [5, 5.41) is 0. The summed E-state index contributed by atoms with van der Waals surface area (Å²) < 4.78 is 0. The van der Waals surface area contributed by atoms with Crippen LogP contribution < -0.4 is 5.73 Å². The maximum absolute atomic E-state index is 5.95. The van der Waals surface area contributed by atoms with Crippen LogP contribution in [0.15, 0.2) is 0 Å². The first-order valence-electron chi connectivity index (χ1n) is 7.44. The molecule has 1 aliphatic heterocycles. The van der Waals surface area contributed by atoms with Gasteiger partial charge in [0.05, 0.1) is 0 Å². The van der Waals surface area contributed by atoms with Crippen molar-refractivity contribution >= 4 is 0 Å². The summed E-state index contributed by atoms with van der Waals surface area (Å²) in [6.45, 7) is 8.66. The van der Waals surface area contributed by atoms with E-state index in [1.165, 1.54) is 71.4 Å². The van der Waals surface area contributed by atoms with Crippen LogP contribution in [0.25, 0.3) is 0 Å². The quantitative estimate of drug-likeness (QED) is 0.778. The van der Waals surface area contributed by atoms with Gasteiger partial charge in [0.15, 0.2) is 0 Å². The van der Waals surface area contributed by atoms with E-state index in [0.717, 1.165) is 12.5 Å². The Labute approximate surface area is 105 Å². The Morgan fingerprint density at radius 2 is 1.65 bits per heavy atom. The van der Waals surface area contributed by atoms with Crippen LogP contribution in [0.4, 0.5) is 0 Å². The van der Waals surface area contributed by atoms with Gasteiger partial charge in [-0.25, -0.2) is 0 Å². The van der Waals surface area contributed by atoms with Crippen LogP contribution in [0.3, 0.4) is 0 Å². The standard InChI is InChI=1S/C14H27N3/c15-11-14(4-1-5-14)12-17-8-6-16(7-9-17)10-13-2-3-13/h13H,1-12,15H2. The summed E-state index contributed by atoms with van der Waals surface area (Å²) >= 11 is 0. The van der Waals surface area contributed by atoms with Crippen LogP contribution in [0, 0.1) is 11.3 Å². The van der Waals surface area contributed by atoms with E-state index in [4.69, 9.17) is 5.73 Å². The molecule has 0 unspecified atom stereocenters. The number of nitrogens with zero attached hydrogens (tertiary/aromatic N) is 2. The molecule has 3 aliphatic rings. The maximum atomic E-state index is 5.95. The van der Waals surface area contributed by atoms with Gasteiger partial charge in [-0.2, -0.15) is 0 Å². The lowest BCUT2D eigenvalue weighted by Crippen LogP contribution is -2.53. The van der Waals surface area contributed by atoms with Crippen molar-refractivity contribution in [1.29, 1.82) is 0 Å². The first-order valence-corrected chi connectivity index (χ1v) is 7.44. The lowest BCUT2D eigenvalue weighted by molar-refractivity contribution is 0.0426. The second-order valence-electron chi connectivity index (χ2n) is 6.58. The average Bonchev–Trinajstić information content (AvgIpc) is 3.10. The SMILES string of the molecule is NCC1(CN2CCN(CC3CC3)CC2)CCC1.